The average Bonchev–Trinajstić information content (AvgIpc) is 2.50. The Morgan fingerprint density at radius 1 is 1.18 bits per heavy atom. The van der Waals surface area contributed by atoms with Gasteiger partial charge in [-0.25, -0.2) is 4.99 Å². The molecule has 0 atom stereocenters. The lowest BCUT2D eigenvalue weighted by atomic mass is 10.3. The second-order valence-corrected chi connectivity index (χ2v) is 5.06. The largest absolute Gasteiger partial charge is 0.486 e. The van der Waals surface area contributed by atoms with Crippen molar-refractivity contribution in [3.63, 3.8) is 0 Å². The lowest BCUT2D eigenvalue weighted by Crippen LogP contribution is -2.28. The molecular weight excluding hydrogens is 280 g/mol. The van der Waals surface area contributed by atoms with Crippen molar-refractivity contribution in [2.24, 2.45) is 4.99 Å². The van der Waals surface area contributed by atoms with Crippen molar-refractivity contribution in [3.05, 3.63) is 42.2 Å². The number of hydrogen-bond donors (Lipinski definition) is 1. The maximum absolute atomic E-state index is 10.4. The number of carbonyl (C=O) groups is 1. The minimum Gasteiger partial charge on any atom is -0.486 e. The molecular formula is C16H24N4O2. The summed E-state index contributed by atoms with van der Waals surface area (Å²) in [4.78, 5) is 18.7. The molecule has 0 saturated carbocycles. The predicted molar refractivity (Wildman–Crippen MR) is 88.9 cm³/mol. The number of nitrogens with one attached hydrogen (secondary N) is 1. The number of aliphatic imine (C=N–C) groups is 1. The molecule has 6 heteroatoms. The standard InChI is InChI=1S/C16H24N4O2/c1-19(2)14(10-17-13-21)11-18-16(20(3)4)12-22-15-8-6-5-7-9-15/h5-9,11,13H,10,12H2,1-4H3,(H,17,21)/b14-11+,18-16-. The Hall–Kier alpha value is -2.50. The molecule has 1 aromatic rings. The first-order valence-electron chi connectivity index (χ1n) is 7.00. The minimum atomic E-state index is 0.370. The van der Waals surface area contributed by atoms with E-state index in [1.807, 2.05) is 68.3 Å². The number of benzene rings is 1. The fourth-order valence-electron chi connectivity index (χ4n) is 1.56. The van der Waals surface area contributed by atoms with Gasteiger partial charge in [0, 0.05) is 28.2 Å². The third-order valence-electron chi connectivity index (χ3n) is 2.93. The van der Waals surface area contributed by atoms with E-state index in [4.69, 9.17) is 4.74 Å². The van der Waals surface area contributed by atoms with Crippen LogP contribution in [0.3, 0.4) is 0 Å². The van der Waals surface area contributed by atoms with Gasteiger partial charge in [0.1, 0.15) is 18.2 Å². The Morgan fingerprint density at radius 2 is 1.86 bits per heavy atom. The summed E-state index contributed by atoms with van der Waals surface area (Å²) < 4.78 is 5.72. The second-order valence-electron chi connectivity index (χ2n) is 5.06. The van der Waals surface area contributed by atoms with Gasteiger partial charge < -0.3 is 19.9 Å². The molecule has 1 amide bonds. The van der Waals surface area contributed by atoms with E-state index in [0.29, 0.717) is 19.6 Å². The van der Waals surface area contributed by atoms with Crippen LogP contribution in [0.25, 0.3) is 0 Å². The van der Waals surface area contributed by atoms with Crippen molar-refractivity contribution in [2.45, 2.75) is 0 Å². The van der Waals surface area contributed by atoms with Crippen molar-refractivity contribution < 1.29 is 9.53 Å². The lowest BCUT2D eigenvalue weighted by molar-refractivity contribution is -0.109. The van der Waals surface area contributed by atoms with Crippen molar-refractivity contribution in [2.75, 3.05) is 41.3 Å². The molecule has 0 spiro atoms. The zero-order valence-electron chi connectivity index (χ0n) is 13.6. The quantitative estimate of drug-likeness (QED) is 0.445. The highest BCUT2D eigenvalue weighted by Crippen LogP contribution is 2.08. The molecule has 0 fully saturated rings. The van der Waals surface area contributed by atoms with Crippen LogP contribution in [-0.2, 0) is 4.79 Å². The Labute approximate surface area is 132 Å². The molecule has 22 heavy (non-hydrogen) atoms. The van der Waals surface area contributed by atoms with E-state index in [9.17, 15) is 4.79 Å². The Kier molecular flexibility index (Phi) is 7.53. The molecule has 1 rings (SSSR count). The van der Waals surface area contributed by atoms with Crippen molar-refractivity contribution in [3.8, 4) is 5.75 Å². The highest BCUT2D eigenvalue weighted by atomic mass is 16.5. The summed E-state index contributed by atoms with van der Waals surface area (Å²) in [5.74, 6) is 1.59. The normalized spacial score (nSPS) is 11.8. The van der Waals surface area contributed by atoms with Crippen LogP contribution < -0.4 is 10.1 Å². The number of ether oxygens (including phenoxy) is 1. The molecule has 6 nitrogen and oxygen atoms in total. The molecule has 0 radical (unpaired) electrons. The molecule has 0 bridgehead atoms. The monoisotopic (exact) mass is 304 g/mol. The molecule has 0 heterocycles. The number of likely N-dealkylation sites (N-methyl/N-ethyl adjacent to an activating group) is 2. The van der Waals surface area contributed by atoms with Crippen LogP contribution in [0, 0.1) is 0 Å². The zero-order chi connectivity index (χ0) is 16.4. The van der Waals surface area contributed by atoms with Gasteiger partial charge in [-0.3, -0.25) is 4.79 Å². The third-order valence-corrected chi connectivity index (χ3v) is 2.93. The number of amides is 1. The van der Waals surface area contributed by atoms with E-state index >= 15 is 0 Å². The minimum absolute atomic E-state index is 0.370. The van der Waals surface area contributed by atoms with E-state index in [1.54, 1.807) is 6.20 Å². The number of nitrogens with zero attached hydrogens (tertiary/aromatic N) is 3. The summed E-state index contributed by atoms with van der Waals surface area (Å²) in [6.07, 6.45) is 2.41. The highest BCUT2D eigenvalue weighted by molar-refractivity contribution is 5.83. The van der Waals surface area contributed by atoms with Gasteiger partial charge in [-0.2, -0.15) is 0 Å². The number of hydrogen-bond acceptors (Lipinski definition) is 4. The van der Waals surface area contributed by atoms with Crippen LogP contribution >= 0.6 is 0 Å². The Bertz CT molecular complexity index is 510. The number of rotatable bonds is 8. The van der Waals surface area contributed by atoms with Gasteiger partial charge >= 0.3 is 0 Å². The fraction of sp³-hybridized carbons (Fsp3) is 0.375. The van der Waals surface area contributed by atoms with Crippen LogP contribution in [0.15, 0.2) is 47.2 Å². The van der Waals surface area contributed by atoms with E-state index in [2.05, 4.69) is 10.3 Å². The first-order valence-corrected chi connectivity index (χ1v) is 7.00. The van der Waals surface area contributed by atoms with Crippen molar-refractivity contribution >= 4 is 12.2 Å². The van der Waals surface area contributed by atoms with E-state index < -0.39 is 0 Å². The average molecular weight is 304 g/mol. The summed E-state index contributed by atoms with van der Waals surface area (Å²) >= 11 is 0. The van der Waals surface area contributed by atoms with Gasteiger partial charge in [0.25, 0.3) is 0 Å². The lowest BCUT2D eigenvalue weighted by Gasteiger charge is -2.18. The topological polar surface area (TPSA) is 57.2 Å². The molecule has 1 N–H and O–H groups in total. The van der Waals surface area contributed by atoms with Crippen molar-refractivity contribution in [1.82, 2.24) is 15.1 Å². The fourth-order valence-corrected chi connectivity index (χ4v) is 1.56. The van der Waals surface area contributed by atoms with Crippen LogP contribution in [0.5, 0.6) is 5.75 Å². The number of amidine groups is 1. The summed E-state index contributed by atoms with van der Waals surface area (Å²) in [6.45, 7) is 0.801. The van der Waals surface area contributed by atoms with Crippen LogP contribution in [0.2, 0.25) is 0 Å². The van der Waals surface area contributed by atoms with Gasteiger partial charge in [-0.05, 0) is 12.1 Å². The molecule has 0 aliphatic heterocycles. The van der Waals surface area contributed by atoms with Crippen molar-refractivity contribution in [1.29, 1.82) is 0 Å². The van der Waals surface area contributed by atoms with Gasteiger partial charge in [0.2, 0.25) is 6.41 Å². The number of para-hydroxylation sites is 1. The molecule has 0 aliphatic carbocycles. The number of carbonyl (C=O) groups excluding carboxylic acids is 1. The van der Waals surface area contributed by atoms with Gasteiger partial charge in [0.05, 0.1) is 18.4 Å². The smallest absolute Gasteiger partial charge is 0.207 e. The molecule has 120 valence electrons. The summed E-state index contributed by atoms with van der Waals surface area (Å²) in [5.41, 5.74) is 0.895. The molecule has 0 saturated heterocycles. The first kappa shape index (κ1) is 17.6. The van der Waals surface area contributed by atoms with Crippen LogP contribution in [0.1, 0.15) is 0 Å². The van der Waals surface area contributed by atoms with E-state index in [-0.39, 0.29) is 0 Å². The first-order chi connectivity index (χ1) is 10.5. The molecule has 1 aromatic carbocycles. The van der Waals surface area contributed by atoms with Crippen LogP contribution in [0.4, 0.5) is 0 Å². The van der Waals surface area contributed by atoms with Crippen LogP contribution in [-0.4, -0.2) is 63.4 Å². The van der Waals surface area contributed by atoms with E-state index in [0.717, 1.165) is 17.3 Å². The maximum atomic E-state index is 10.4. The SMILES string of the molecule is CN(C)/C(COc1ccccc1)=N\C=C(/CNC=O)N(C)C. The molecule has 0 aliphatic rings. The summed E-state index contributed by atoms with van der Waals surface area (Å²) in [7, 11) is 7.65. The van der Waals surface area contributed by atoms with Gasteiger partial charge in [0.15, 0.2) is 0 Å². The zero-order valence-corrected chi connectivity index (χ0v) is 13.6. The summed E-state index contributed by atoms with van der Waals surface area (Å²) in [6, 6.07) is 9.61. The second kappa shape index (κ2) is 9.44. The molecule has 0 aromatic heterocycles. The third kappa shape index (κ3) is 6.30. The Morgan fingerprint density at radius 3 is 2.41 bits per heavy atom. The predicted octanol–water partition coefficient (Wildman–Crippen LogP) is 1.17. The Balaban J connectivity index is 2.77. The molecule has 0 unspecified atom stereocenters. The van der Waals surface area contributed by atoms with Gasteiger partial charge in [-0.15, -0.1) is 0 Å². The summed E-state index contributed by atoms with van der Waals surface area (Å²) in [5, 5.41) is 2.64. The maximum Gasteiger partial charge on any atom is 0.207 e. The van der Waals surface area contributed by atoms with Gasteiger partial charge in [-0.1, -0.05) is 18.2 Å². The highest BCUT2D eigenvalue weighted by Gasteiger charge is 2.04. The van der Waals surface area contributed by atoms with E-state index in [1.165, 1.54) is 0 Å².